The van der Waals surface area contributed by atoms with Crippen LogP contribution in [0.5, 0.6) is 23.0 Å². The van der Waals surface area contributed by atoms with Crippen LogP contribution in [0.4, 0.5) is 0 Å². The lowest BCUT2D eigenvalue weighted by molar-refractivity contribution is 0.347. The lowest BCUT2D eigenvalue weighted by Crippen LogP contribution is -2.28. The van der Waals surface area contributed by atoms with Crippen LogP contribution < -0.4 is 0 Å². The van der Waals surface area contributed by atoms with E-state index in [1.807, 2.05) is 12.1 Å². The molecule has 348 valence electrons. The zero-order valence-corrected chi connectivity index (χ0v) is 47.2. The third kappa shape index (κ3) is 7.45. The summed E-state index contributed by atoms with van der Waals surface area (Å²) in [6.45, 7) is 44.7. The van der Waals surface area contributed by atoms with Gasteiger partial charge in [-0.1, -0.05) is 163 Å². The molecule has 0 fully saturated rings. The van der Waals surface area contributed by atoms with Gasteiger partial charge in [-0.25, -0.2) is 0 Å². The highest BCUT2D eigenvalue weighted by Crippen LogP contribution is 2.68. The number of hydrogen-bond acceptors (Lipinski definition) is 4. The van der Waals surface area contributed by atoms with Crippen LogP contribution >= 0.6 is 45.2 Å². The first-order valence-corrected chi connectivity index (χ1v) is 25.7. The highest BCUT2D eigenvalue weighted by molar-refractivity contribution is 14.1. The van der Waals surface area contributed by atoms with Crippen LogP contribution in [-0.2, 0) is 54.1 Å². The Balaban J connectivity index is 0.000000192. The summed E-state index contributed by atoms with van der Waals surface area (Å²) in [5.41, 5.74) is 13.6. The Hall–Kier alpha value is -2.46. The van der Waals surface area contributed by atoms with Crippen molar-refractivity contribution in [3.8, 4) is 23.0 Å². The molecule has 0 aromatic heterocycles. The second kappa shape index (κ2) is 14.5. The fourth-order valence-corrected chi connectivity index (χ4v) is 15.4. The number of aromatic hydroxyl groups is 4. The van der Waals surface area contributed by atoms with Gasteiger partial charge < -0.3 is 20.4 Å². The average molecular weight is 1090 g/mol. The van der Waals surface area contributed by atoms with Gasteiger partial charge in [-0.2, -0.15) is 0 Å². The fourth-order valence-electron chi connectivity index (χ4n) is 13.2. The molecule has 0 bridgehead atoms. The van der Waals surface area contributed by atoms with Crippen molar-refractivity contribution in [3.63, 3.8) is 0 Å². The first kappa shape index (κ1) is 49.4. The van der Waals surface area contributed by atoms with Gasteiger partial charge in [-0.15, -0.1) is 0 Å². The first-order valence-electron chi connectivity index (χ1n) is 23.6. The van der Waals surface area contributed by atoms with Crippen LogP contribution in [0.25, 0.3) is 0 Å². The molecule has 0 radical (unpaired) electrons. The number of halogens is 2. The maximum Gasteiger partial charge on any atom is 0.132 e. The van der Waals surface area contributed by atoms with Gasteiger partial charge in [0.15, 0.2) is 0 Å². The molecule has 4 nitrogen and oxygen atoms in total. The zero-order chi connectivity index (χ0) is 48.5. The zero-order valence-electron chi connectivity index (χ0n) is 42.8. The van der Waals surface area contributed by atoms with Crippen LogP contribution in [0.3, 0.4) is 0 Å². The predicted octanol–water partition coefficient (Wildman–Crippen LogP) is 15.9. The van der Waals surface area contributed by atoms with Crippen LogP contribution in [0.1, 0.15) is 231 Å². The molecule has 4 aromatic carbocycles. The van der Waals surface area contributed by atoms with Crippen LogP contribution in [0.15, 0.2) is 36.4 Å². The number of fused-ring (bicyclic) bond motifs is 8. The largest absolute Gasteiger partial charge is 0.508 e. The van der Waals surface area contributed by atoms with E-state index in [4.69, 9.17) is 0 Å². The molecule has 64 heavy (non-hydrogen) atoms. The van der Waals surface area contributed by atoms with Crippen LogP contribution in [0.2, 0.25) is 0 Å². The quantitative estimate of drug-likeness (QED) is 0.132. The molecule has 0 unspecified atom stereocenters. The third-order valence-corrected chi connectivity index (χ3v) is 18.0. The molecule has 0 saturated carbocycles. The molecule has 0 aliphatic heterocycles. The summed E-state index contributed by atoms with van der Waals surface area (Å²) in [6.07, 6.45) is 3.96. The number of benzene rings is 4. The Bertz CT molecular complexity index is 2430. The van der Waals surface area contributed by atoms with E-state index in [1.54, 1.807) is 0 Å². The van der Waals surface area contributed by atoms with E-state index in [0.717, 1.165) is 55.1 Å². The number of phenolic OH excluding ortho intramolecular Hbond substituents is 4. The smallest absolute Gasteiger partial charge is 0.132 e. The highest BCUT2D eigenvalue weighted by Gasteiger charge is 2.60. The molecule has 0 atom stereocenters. The Kier molecular flexibility index (Phi) is 11.2. The summed E-state index contributed by atoms with van der Waals surface area (Å²) in [7, 11) is 0. The molecule has 4 aromatic rings. The van der Waals surface area contributed by atoms with Gasteiger partial charge in [-0.3, -0.25) is 0 Å². The summed E-state index contributed by atoms with van der Waals surface area (Å²) >= 11 is 4.78. The molecule has 8 rings (SSSR count). The molecule has 2 spiro atoms. The SMILES string of the molecule is CC(C)(C)c1cc2c(c(I)c1O)C1(CC2(C)C)CC(C)(C)c2cc(C(C)(C)C)c(O)c(I)c21.CC(C)(C)c1cc2c(cc1O)C1(CC2(C)C)CC(C)(C)c2cc(C(C)(C)C)c(O)cc21. The highest BCUT2D eigenvalue weighted by atomic mass is 127. The predicted molar refractivity (Wildman–Crippen MR) is 285 cm³/mol. The summed E-state index contributed by atoms with van der Waals surface area (Å²) in [5.74, 6) is 1.64. The molecular weight excluding hydrogens is 1010 g/mol. The van der Waals surface area contributed by atoms with E-state index in [0.29, 0.717) is 23.0 Å². The number of phenols is 4. The Morgan fingerprint density at radius 1 is 0.359 bits per heavy atom. The van der Waals surface area contributed by atoms with E-state index < -0.39 is 0 Å². The van der Waals surface area contributed by atoms with Crippen LogP contribution in [0, 0.1) is 7.14 Å². The van der Waals surface area contributed by atoms with E-state index in [2.05, 4.69) is 208 Å². The minimum Gasteiger partial charge on any atom is -0.508 e. The Morgan fingerprint density at radius 3 is 0.891 bits per heavy atom. The summed E-state index contributed by atoms with van der Waals surface area (Å²) < 4.78 is 1.97. The molecule has 4 aliphatic carbocycles. The average Bonchev–Trinajstić information content (AvgIpc) is 3.64. The van der Waals surface area contributed by atoms with E-state index in [9.17, 15) is 20.4 Å². The van der Waals surface area contributed by atoms with Crippen molar-refractivity contribution in [3.05, 3.63) is 110 Å². The first-order chi connectivity index (χ1) is 28.7. The third-order valence-electron chi connectivity index (χ3n) is 15.9. The second-order valence-corrected chi connectivity index (χ2v) is 29.4. The topological polar surface area (TPSA) is 80.9 Å². The standard InChI is InChI=1S/C29H38I2O2.C29H40O2/c1-25(2,3)17-11-15-19(21(30)23(17)32)29(13-27(15,7)8)14-28(9,10)16-12-18(26(4,5)6)24(33)22(31)20(16)29;1-25(2,3)21-11-17-19(13-23(21)30)29(15-27(17,7)8)16-28(9,10)18-12-22(26(4,5)6)24(31)14-20(18)29/h11-12,32-33H,13-14H2,1-10H3;11-14,30-31H,15-16H2,1-10H3. The van der Waals surface area contributed by atoms with Gasteiger partial charge >= 0.3 is 0 Å². The van der Waals surface area contributed by atoms with Crippen molar-refractivity contribution in [2.45, 2.75) is 218 Å². The van der Waals surface area contributed by atoms with E-state index in [-0.39, 0.29) is 54.1 Å². The van der Waals surface area contributed by atoms with Gasteiger partial charge in [0.2, 0.25) is 0 Å². The van der Waals surface area contributed by atoms with Crippen molar-refractivity contribution in [1.29, 1.82) is 0 Å². The van der Waals surface area contributed by atoms with E-state index in [1.165, 1.54) is 44.5 Å². The summed E-state index contributed by atoms with van der Waals surface area (Å²) in [6, 6.07) is 13.2. The van der Waals surface area contributed by atoms with Crippen molar-refractivity contribution in [2.24, 2.45) is 0 Å². The molecule has 0 amide bonds. The van der Waals surface area contributed by atoms with Crippen molar-refractivity contribution in [1.82, 2.24) is 0 Å². The molecule has 6 heteroatoms. The minimum absolute atomic E-state index is 0.000951. The molecule has 4 N–H and O–H groups in total. The summed E-state index contributed by atoms with van der Waals surface area (Å²) in [5, 5.41) is 44.9. The van der Waals surface area contributed by atoms with Gasteiger partial charge in [0.05, 0.1) is 7.14 Å². The van der Waals surface area contributed by atoms with Crippen LogP contribution in [-0.4, -0.2) is 20.4 Å². The van der Waals surface area contributed by atoms with Gasteiger partial charge in [0.1, 0.15) is 23.0 Å². The monoisotopic (exact) mass is 1090 g/mol. The fraction of sp³-hybridized carbons (Fsp3) is 0.586. The molecule has 0 saturated heterocycles. The van der Waals surface area contributed by atoms with Gasteiger partial charge in [-0.05, 0) is 182 Å². The van der Waals surface area contributed by atoms with Gasteiger partial charge in [0, 0.05) is 22.0 Å². The lowest BCUT2D eigenvalue weighted by Gasteiger charge is -2.32. The van der Waals surface area contributed by atoms with Crippen molar-refractivity contribution in [2.75, 3.05) is 0 Å². The minimum atomic E-state index is -0.216. The van der Waals surface area contributed by atoms with E-state index >= 15 is 0 Å². The second-order valence-electron chi connectivity index (χ2n) is 27.3. The Morgan fingerprint density at radius 2 is 0.609 bits per heavy atom. The summed E-state index contributed by atoms with van der Waals surface area (Å²) in [4.78, 5) is 0. The number of hydrogen-bond donors (Lipinski definition) is 4. The Labute approximate surface area is 414 Å². The normalized spacial score (nSPS) is 20.5. The van der Waals surface area contributed by atoms with Gasteiger partial charge in [0.25, 0.3) is 0 Å². The van der Waals surface area contributed by atoms with Crippen molar-refractivity contribution >= 4 is 45.2 Å². The van der Waals surface area contributed by atoms with Crippen molar-refractivity contribution < 1.29 is 20.4 Å². The number of rotatable bonds is 0. The maximum absolute atomic E-state index is 11.4. The lowest BCUT2D eigenvalue weighted by atomic mass is 9.72. The molecule has 4 aliphatic rings. The maximum atomic E-state index is 11.4. The molecular formula is C58H78I2O4. The molecule has 0 heterocycles.